The second-order valence-corrected chi connectivity index (χ2v) is 6.27. The summed E-state index contributed by atoms with van der Waals surface area (Å²) in [6.45, 7) is 10.2. The summed E-state index contributed by atoms with van der Waals surface area (Å²) in [5.74, 6) is 1.48. The third kappa shape index (κ3) is 11.8. The molecule has 7 heteroatoms. The first kappa shape index (κ1) is 21.7. The molecule has 1 aliphatic heterocycles. The van der Waals surface area contributed by atoms with Gasteiger partial charge in [0.1, 0.15) is 0 Å². The van der Waals surface area contributed by atoms with E-state index in [0.717, 1.165) is 71.2 Å². The molecule has 1 saturated heterocycles. The Morgan fingerprint density at radius 3 is 2.68 bits per heavy atom. The summed E-state index contributed by atoms with van der Waals surface area (Å²) in [7, 11) is 0. The predicted octanol–water partition coefficient (Wildman–Crippen LogP) is 1.29. The zero-order chi connectivity index (χ0) is 18.2. The number of hydrogen-bond acceptors (Lipinski definition) is 4. The highest BCUT2D eigenvalue weighted by Crippen LogP contribution is 2.14. The van der Waals surface area contributed by atoms with Gasteiger partial charge in [-0.3, -0.25) is 9.79 Å². The highest BCUT2D eigenvalue weighted by molar-refractivity contribution is 5.81. The van der Waals surface area contributed by atoms with Gasteiger partial charge in [0.25, 0.3) is 0 Å². The van der Waals surface area contributed by atoms with Gasteiger partial charge in [-0.25, -0.2) is 0 Å². The van der Waals surface area contributed by atoms with Gasteiger partial charge in [-0.1, -0.05) is 6.92 Å². The van der Waals surface area contributed by atoms with Crippen molar-refractivity contribution in [3.05, 3.63) is 0 Å². The maximum absolute atomic E-state index is 11.6. The molecule has 1 heterocycles. The van der Waals surface area contributed by atoms with Gasteiger partial charge in [-0.05, 0) is 38.5 Å². The summed E-state index contributed by atoms with van der Waals surface area (Å²) in [5.41, 5.74) is 0. The number of rotatable bonds is 12. The van der Waals surface area contributed by atoms with E-state index in [9.17, 15) is 4.79 Å². The number of carbonyl (C=O) groups excluding carboxylic acids is 1. The van der Waals surface area contributed by atoms with Crippen molar-refractivity contribution in [2.24, 2.45) is 10.9 Å². The van der Waals surface area contributed by atoms with Gasteiger partial charge in [0.05, 0.1) is 0 Å². The van der Waals surface area contributed by atoms with Crippen LogP contribution < -0.4 is 16.0 Å². The van der Waals surface area contributed by atoms with Crippen LogP contribution in [0.1, 0.15) is 46.0 Å². The number of carbonyl (C=O) groups is 1. The topological polar surface area (TPSA) is 84.0 Å². The Balaban J connectivity index is 2.09. The van der Waals surface area contributed by atoms with Gasteiger partial charge in [-0.15, -0.1) is 0 Å². The molecule has 0 spiro atoms. The zero-order valence-corrected chi connectivity index (χ0v) is 15.9. The molecule has 1 fully saturated rings. The number of nitrogens with zero attached hydrogens (tertiary/aromatic N) is 1. The van der Waals surface area contributed by atoms with E-state index < -0.39 is 0 Å². The van der Waals surface area contributed by atoms with Crippen molar-refractivity contribution in [2.45, 2.75) is 46.0 Å². The molecular weight excluding hydrogens is 320 g/mol. The summed E-state index contributed by atoms with van der Waals surface area (Å²) < 4.78 is 11.1. The normalized spacial score (nSPS) is 15.8. The fourth-order valence-electron chi connectivity index (χ4n) is 2.51. The van der Waals surface area contributed by atoms with E-state index in [1.54, 1.807) is 0 Å². The highest BCUT2D eigenvalue weighted by Gasteiger charge is 2.13. The van der Waals surface area contributed by atoms with E-state index in [1.165, 1.54) is 0 Å². The Hall–Kier alpha value is -1.34. The quantitative estimate of drug-likeness (QED) is 0.279. The van der Waals surface area contributed by atoms with Crippen molar-refractivity contribution in [3.8, 4) is 0 Å². The van der Waals surface area contributed by atoms with Crippen LogP contribution in [0.2, 0.25) is 0 Å². The van der Waals surface area contributed by atoms with Gasteiger partial charge in [0, 0.05) is 59.0 Å². The van der Waals surface area contributed by atoms with E-state index in [4.69, 9.17) is 9.47 Å². The lowest BCUT2D eigenvalue weighted by molar-refractivity contribution is -0.120. The van der Waals surface area contributed by atoms with Crippen molar-refractivity contribution in [1.29, 1.82) is 0 Å². The molecule has 0 bridgehead atoms. The van der Waals surface area contributed by atoms with Gasteiger partial charge >= 0.3 is 0 Å². The molecule has 146 valence electrons. The van der Waals surface area contributed by atoms with Gasteiger partial charge in [0.2, 0.25) is 5.91 Å². The van der Waals surface area contributed by atoms with Crippen LogP contribution in [0.3, 0.4) is 0 Å². The molecule has 1 rings (SSSR count). The average molecular weight is 357 g/mol. The number of amides is 1. The lowest BCUT2D eigenvalue weighted by Crippen LogP contribution is -2.39. The Bertz CT molecular complexity index is 371. The van der Waals surface area contributed by atoms with Crippen LogP contribution in [0.4, 0.5) is 0 Å². The maximum Gasteiger partial charge on any atom is 0.221 e. The Labute approximate surface area is 152 Å². The van der Waals surface area contributed by atoms with E-state index in [0.29, 0.717) is 25.4 Å². The maximum atomic E-state index is 11.6. The minimum Gasteiger partial charge on any atom is -0.381 e. The molecule has 0 aromatic heterocycles. The summed E-state index contributed by atoms with van der Waals surface area (Å²) in [5, 5.41) is 9.26. The Morgan fingerprint density at radius 1 is 1.16 bits per heavy atom. The lowest BCUT2D eigenvalue weighted by atomic mass is 10.0. The van der Waals surface area contributed by atoms with Crippen LogP contribution in [0.5, 0.6) is 0 Å². The monoisotopic (exact) mass is 356 g/mol. The average Bonchev–Trinajstić information content (AvgIpc) is 2.63. The van der Waals surface area contributed by atoms with Crippen molar-refractivity contribution < 1.29 is 14.3 Å². The van der Waals surface area contributed by atoms with E-state index in [2.05, 4.69) is 20.9 Å². The SMILES string of the molecule is CCCNC(=O)CCNC(=NCCCOCC1CCOCC1)NCC. The second kappa shape index (κ2) is 15.0. The van der Waals surface area contributed by atoms with Gasteiger partial charge in [0.15, 0.2) is 5.96 Å². The second-order valence-electron chi connectivity index (χ2n) is 6.27. The first-order chi connectivity index (χ1) is 12.3. The smallest absolute Gasteiger partial charge is 0.221 e. The molecule has 25 heavy (non-hydrogen) atoms. The molecule has 0 aliphatic carbocycles. The zero-order valence-electron chi connectivity index (χ0n) is 15.9. The number of nitrogens with one attached hydrogen (secondary N) is 3. The van der Waals surface area contributed by atoms with Crippen molar-refractivity contribution in [3.63, 3.8) is 0 Å². The Kier molecular flexibility index (Phi) is 13.0. The molecule has 0 atom stereocenters. The molecular formula is C18H36N4O3. The van der Waals surface area contributed by atoms with Gasteiger partial charge < -0.3 is 25.4 Å². The van der Waals surface area contributed by atoms with Crippen LogP contribution in [0, 0.1) is 5.92 Å². The molecule has 3 N–H and O–H groups in total. The molecule has 0 radical (unpaired) electrons. The van der Waals surface area contributed by atoms with Crippen LogP contribution in [-0.4, -0.2) is 64.5 Å². The van der Waals surface area contributed by atoms with Gasteiger partial charge in [-0.2, -0.15) is 0 Å². The van der Waals surface area contributed by atoms with Crippen LogP contribution >= 0.6 is 0 Å². The number of ether oxygens (including phenoxy) is 2. The first-order valence-electron chi connectivity index (χ1n) is 9.70. The van der Waals surface area contributed by atoms with E-state index in [1.807, 2.05) is 13.8 Å². The third-order valence-corrected chi connectivity index (χ3v) is 3.97. The minimum absolute atomic E-state index is 0.0757. The van der Waals surface area contributed by atoms with E-state index >= 15 is 0 Å². The molecule has 0 aromatic rings. The fourth-order valence-corrected chi connectivity index (χ4v) is 2.51. The molecule has 7 nitrogen and oxygen atoms in total. The van der Waals surface area contributed by atoms with Crippen molar-refractivity contribution in [2.75, 3.05) is 52.6 Å². The largest absolute Gasteiger partial charge is 0.381 e. The summed E-state index contributed by atoms with van der Waals surface area (Å²) in [4.78, 5) is 16.1. The molecule has 1 aliphatic rings. The van der Waals surface area contributed by atoms with Crippen molar-refractivity contribution in [1.82, 2.24) is 16.0 Å². The standard InChI is InChI=1S/C18H36N4O3/c1-3-9-20-17(23)6-11-22-18(19-4-2)21-10-5-12-25-15-16-7-13-24-14-8-16/h16H,3-15H2,1-2H3,(H,20,23)(H2,19,21,22). The number of guanidine groups is 1. The van der Waals surface area contributed by atoms with Crippen LogP contribution in [0.25, 0.3) is 0 Å². The number of hydrogen-bond donors (Lipinski definition) is 3. The molecule has 0 saturated carbocycles. The van der Waals surface area contributed by atoms with Crippen molar-refractivity contribution >= 4 is 11.9 Å². The lowest BCUT2D eigenvalue weighted by Gasteiger charge is -2.21. The van der Waals surface area contributed by atoms with Crippen LogP contribution in [0.15, 0.2) is 4.99 Å². The summed E-state index contributed by atoms with van der Waals surface area (Å²) >= 11 is 0. The fraction of sp³-hybridized carbons (Fsp3) is 0.889. The summed E-state index contributed by atoms with van der Waals surface area (Å²) in [6, 6.07) is 0. The first-order valence-corrected chi connectivity index (χ1v) is 9.70. The molecule has 0 unspecified atom stereocenters. The molecule has 1 amide bonds. The van der Waals surface area contributed by atoms with E-state index in [-0.39, 0.29) is 5.91 Å². The highest BCUT2D eigenvalue weighted by atomic mass is 16.5. The number of aliphatic imine (C=N–C) groups is 1. The summed E-state index contributed by atoms with van der Waals surface area (Å²) in [6.07, 6.45) is 4.53. The third-order valence-electron chi connectivity index (χ3n) is 3.97. The predicted molar refractivity (Wildman–Crippen MR) is 101 cm³/mol. The minimum atomic E-state index is 0.0757. The van der Waals surface area contributed by atoms with Crippen LogP contribution in [-0.2, 0) is 14.3 Å². The molecule has 0 aromatic carbocycles. The Morgan fingerprint density at radius 2 is 1.96 bits per heavy atom.